The standard InChI is InChI=1S/C36H55ClN4O4S/c1-20-14-30(34-33(39-20)31(19-46-34)36(43)44)29-16-25(37)5-7-32(29)45-13-12-41-21(2)15-23-4-6-26(17-28(23)35(41)42)40-11-9-27-22(3)38-10-8-24(27)18-40/h15,20,22,24-27,29-34,38-39H,4-14,16-19H2,1-3H3,(H,43,44). The van der Waals surface area contributed by atoms with Gasteiger partial charge in [-0.15, -0.1) is 11.6 Å². The summed E-state index contributed by atoms with van der Waals surface area (Å²) in [6, 6.07) is 3.63. The summed E-state index contributed by atoms with van der Waals surface area (Å²) in [6.07, 6.45) is 9.44. The fourth-order valence-corrected chi connectivity index (χ4v) is 12.6. The number of aromatic nitrogens is 1. The molecule has 0 radical (unpaired) electrons. The van der Waals surface area contributed by atoms with E-state index in [0.29, 0.717) is 42.8 Å². The number of aliphatic carboxylic acids is 1. The van der Waals surface area contributed by atoms with Gasteiger partial charge in [0.15, 0.2) is 0 Å². The molecule has 0 bridgehead atoms. The van der Waals surface area contributed by atoms with E-state index in [-0.39, 0.29) is 40.3 Å². The van der Waals surface area contributed by atoms with Crippen molar-refractivity contribution < 1.29 is 14.6 Å². The van der Waals surface area contributed by atoms with Gasteiger partial charge in [0.2, 0.25) is 0 Å². The summed E-state index contributed by atoms with van der Waals surface area (Å²) in [6.45, 7) is 11.2. The second kappa shape index (κ2) is 14.0. The summed E-state index contributed by atoms with van der Waals surface area (Å²) < 4.78 is 8.68. The van der Waals surface area contributed by atoms with Gasteiger partial charge in [-0.25, -0.2) is 0 Å². The van der Waals surface area contributed by atoms with Crippen molar-refractivity contribution in [3.05, 3.63) is 33.2 Å². The maximum Gasteiger partial charge on any atom is 0.308 e. The molecular formula is C36H55ClN4O4S. The Bertz CT molecular complexity index is 1330. The molecule has 0 spiro atoms. The van der Waals surface area contributed by atoms with Crippen molar-refractivity contribution in [3.63, 3.8) is 0 Å². The van der Waals surface area contributed by atoms with Crippen LogP contribution in [0.1, 0.15) is 75.6 Å². The number of carboxylic acid groups (broad SMARTS) is 1. The summed E-state index contributed by atoms with van der Waals surface area (Å²) in [7, 11) is 0. The number of piperidine rings is 3. The van der Waals surface area contributed by atoms with Crippen molar-refractivity contribution in [1.29, 1.82) is 0 Å². The van der Waals surface area contributed by atoms with Crippen molar-refractivity contribution in [2.45, 2.75) is 126 Å². The zero-order chi connectivity index (χ0) is 32.1. The first-order valence-corrected chi connectivity index (χ1v) is 19.7. The topological polar surface area (TPSA) is 95.8 Å². The summed E-state index contributed by atoms with van der Waals surface area (Å²) in [4.78, 5) is 28.8. The van der Waals surface area contributed by atoms with Crippen LogP contribution in [0.3, 0.4) is 0 Å². The Morgan fingerprint density at radius 2 is 1.98 bits per heavy atom. The molecule has 256 valence electrons. The van der Waals surface area contributed by atoms with Crippen molar-refractivity contribution in [1.82, 2.24) is 20.1 Å². The Morgan fingerprint density at radius 1 is 1.13 bits per heavy atom. The molecular weight excluding hydrogens is 620 g/mol. The van der Waals surface area contributed by atoms with Crippen LogP contribution < -0.4 is 16.2 Å². The number of hydrogen-bond donors (Lipinski definition) is 3. The zero-order valence-corrected chi connectivity index (χ0v) is 29.5. The molecule has 1 saturated carbocycles. The number of aryl methyl sites for hydroxylation is 2. The Balaban J connectivity index is 1.01. The summed E-state index contributed by atoms with van der Waals surface area (Å²) in [5, 5.41) is 17.6. The Labute approximate surface area is 284 Å². The van der Waals surface area contributed by atoms with E-state index in [2.05, 4.69) is 42.4 Å². The van der Waals surface area contributed by atoms with Gasteiger partial charge in [-0.3, -0.25) is 14.5 Å². The molecule has 10 heteroatoms. The van der Waals surface area contributed by atoms with E-state index in [1.165, 1.54) is 24.9 Å². The SMILES string of the molecule is Cc1cc2c(c(=O)n1CCOC1CCC(Cl)CC1C1CC(C)NC3C(C(=O)O)CSC13)CC(N1CCC3C(CCNC3C)C1)CC2. The van der Waals surface area contributed by atoms with Gasteiger partial charge in [-0.2, -0.15) is 11.8 Å². The third-order valence-electron chi connectivity index (χ3n) is 12.9. The number of ether oxygens (including phenoxy) is 1. The smallest absolute Gasteiger partial charge is 0.308 e. The molecule has 0 aromatic carbocycles. The molecule has 8 nitrogen and oxygen atoms in total. The molecule has 7 rings (SSSR count). The average Bonchev–Trinajstić information content (AvgIpc) is 3.47. The number of rotatable bonds is 7. The number of carboxylic acids is 1. The van der Waals surface area contributed by atoms with Crippen LogP contribution in [-0.2, 0) is 28.9 Å². The van der Waals surface area contributed by atoms with Crippen LogP contribution in [0.15, 0.2) is 10.9 Å². The maximum atomic E-state index is 14.0. The van der Waals surface area contributed by atoms with Crippen molar-refractivity contribution in [2.24, 2.45) is 29.6 Å². The minimum absolute atomic E-state index is 0.00255. The fraction of sp³-hybridized carbons (Fsp3) is 0.833. The molecule has 2 aliphatic carbocycles. The summed E-state index contributed by atoms with van der Waals surface area (Å²) in [5.41, 5.74) is 3.51. The van der Waals surface area contributed by atoms with Crippen LogP contribution in [-0.4, -0.2) is 93.4 Å². The largest absolute Gasteiger partial charge is 0.481 e. The normalized spacial score (nSPS) is 41.4. The second-order valence-electron chi connectivity index (χ2n) is 15.6. The van der Waals surface area contributed by atoms with Crippen LogP contribution in [0.5, 0.6) is 0 Å². The minimum atomic E-state index is -0.690. The van der Waals surface area contributed by atoms with E-state index in [0.717, 1.165) is 81.1 Å². The molecule has 12 atom stereocenters. The number of pyridine rings is 1. The lowest BCUT2D eigenvalue weighted by Crippen LogP contribution is -2.57. The number of thioether (sulfide) groups is 1. The quantitative estimate of drug-likeness (QED) is 0.369. The summed E-state index contributed by atoms with van der Waals surface area (Å²) in [5.74, 6) is 1.89. The minimum Gasteiger partial charge on any atom is -0.481 e. The predicted molar refractivity (Wildman–Crippen MR) is 185 cm³/mol. The van der Waals surface area contributed by atoms with Crippen LogP contribution >= 0.6 is 23.4 Å². The lowest BCUT2D eigenvalue weighted by atomic mass is 9.70. The first-order valence-electron chi connectivity index (χ1n) is 18.2. The summed E-state index contributed by atoms with van der Waals surface area (Å²) >= 11 is 8.61. The fourth-order valence-electron chi connectivity index (χ4n) is 10.5. The van der Waals surface area contributed by atoms with E-state index < -0.39 is 5.97 Å². The third kappa shape index (κ3) is 6.59. The van der Waals surface area contributed by atoms with Gasteiger partial charge < -0.3 is 25.0 Å². The Hall–Kier alpha value is -1.10. The molecule has 1 aromatic rings. The van der Waals surface area contributed by atoms with Gasteiger partial charge in [0.1, 0.15) is 0 Å². The van der Waals surface area contributed by atoms with E-state index >= 15 is 0 Å². The Kier molecular flexibility index (Phi) is 10.2. The highest BCUT2D eigenvalue weighted by Gasteiger charge is 2.51. The monoisotopic (exact) mass is 674 g/mol. The molecule has 1 aromatic heterocycles. The molecule has 4 aliphatic heterocycles. The number of likely N-dealkylation sites (tertiary alicyclic amines) is 1. The highest BCUT2D eigenvalue weighted by atomic mass is 35.5. The maximum absolute atomic E-state index is 14.0. The molecule has 0 amide bonds. The third-order valence-corrected chi connectivity index (χ3v) is 14.9. The molecule has 5 fully saturated rings. The van der Waals surface area contributed by atoms with Gasteiger partial charge in [-0.05, 0) is 127 Å². The molecule has 12 unspecified atom stereocenters. The van der Waals surface area contributed by atoms with Crippen molar-refractivity contribution in [3.8, 4) is 0 Å². The first-order chi connectivity index (χ1) is 22.2. The average molecular weight is 675 g/mol. The van der Waals surface area contributed by atoms with E-state index in [1.807, 2.05) is 16.3 Å². The van der Waals surface area contributed by atoms with Gasteiger partial charge in [0.05, 0.1) is 18.6 Å². The number of nitrogens with one attached hydrogen (secondary N) is 2. The number of carbonyl (C=O) groups is 1. The predicted octanol–water partition coefficient (Wildman–Crippen LogP) is 4.31. The van der Waals surface area contributed by atoms with Gasteiger partial charge in [-0.1, -0.05) is 0 Å². The van der Waals surface area contributed by atoms with Crippen molar-refractivity contribution >= 4 is 29.3 Å². The van der Waals surface area contributed by atoms with Crippen LogP contribution in [0.2, 0.25) is 0 Å². The lowest BCUT2D eigenvalue weighted by molar-refractivity contribution is -0.142. The number of alkyl halides is 1. The second-order valence-corrected chi connectivity index (χ2v) is 17.4. The number of nitrogens with zero attached hydrogens (tertiary/aromatic N) is 2. The molecule has 3 N–H and O–H groups in total. The number of hydrogen-bond acceptors (Lipinski definition) is 7. The molecule has 4 saturated heterocycles. The van der Waals surface area contributed by atoms with E-state index in [4.69, 9.17) is 16.3 Å². The number of halogens is 1. The van der Waals surface area contributed by atoms with E-state index in [9.17, 15) is 14.7 Å². The van der Waals surface area contributed by atoms with Gasteiger partial charge in [0, 0.05) is 64.9 Å². The van der Waals surface area contributed by atoms with Crippen molar-refractivity contribution in [2.75, 3.05) is 32.0 Å². The van der Waals surface area contributed by atoms with Crippen LogP contribution in [0, 0.1) is 36.5 Å². The molecule has 46 heavy (non-hydrogen) atoms. The molecule has 5 heterocycles. The van der Waals surface area contributed by atoms with E-state index in [1.54, 1.807) is 0 Å². The Morgan fingerprint density at radius 3 is 2.80 bits per heavy atom. The van der Waals surface area contributed by atoms with Gasteiger partial charge >= 0.3 is 5.97 Å². The van der Waals surface area contributed by atoms with Gasteiger partial charge in [0.25, 0.3) is 5.56 Å². The lowest BCUT2D eigenvalue weighted by Gasteiger charge is -2.47. The molecule has 6 aliphatic rings. The zero-order valence-electron chi connectivity index (χ0n) is 28.0. The first kappa shape index (κ1) is 33.4. The number of fused-ring (bicyclic) bond motifs is 3. The van der Waals surface area contributed by atoms with Crippen LogP contribution in [0.4, 0.5) is 0 Å². The highest BCUT2D eigenvalue weighted by Crippen LogP contribution is 2.48. The van der Waals surface area contributed by atoms with Crippen LogP contribution in [0.25, 0.3) is 0 Å². The highest BCUT2D eigenvalue weighted by molar-refractivity contribution is 8.00.